The number of imidazole rings is 1. The molecule has 2 aromatic heterocycles. The van der Waals surface area contributed by atoms with Crippen molar-refractivity contribution in [1.82, 2.24) is 29.7 Å². The van der Waals surface area contributed by atoms with Crippen LogP contribution >= 0.6 is 0 Å². The molecular formula is C29H42N8O4. The SMILES string of the molecule is CC(CCN(C)C[C@H]1OC(n2cnc3c(N)ncnc32)[C@@H]2OC(C)(C)O[C@H]12)NC(=O)Nc1ccc(C(C)(C)C)cc1. The Morgan fingerprint density at radius 1 is 1.15 bits per heavy atom. The highest BCUT2D eigenvalue weighted by Crippen LogP contribution is 2.44. The number of rotatable bonds is 8. The van der Waals surface area contributed by atoms with Gasteiger partial charge in [-0.1, -0.05) is 32.9 Å². The van der Waals surface area contributed by atoms with Crippen molar-refractivity contribution in [2.45, 2.75) is 89.7 Å². The largest absolute Gasteiger partial charge is 0.382 e. The first kappa shape index (κ1) is 29.2. The predicted octanol–water partition coefficient (Wildman–Crippen LogP) is 3.66. The molecule has 2 saturated heterocycles. The number of urea groups is 1. The molecule has 4 N–H and O–H groups in total. The third-order valence-corrected chi connectivity index (χ3v) is 7.61. The first-order valence-corrected chi connectivity index (χ1v) is 14.1. The Morgan fingerprint density at radius 2 is 1.85 bits per heavy atom. The maximum absolute atomic E-state index is 12.6. The first-order valence-electron chi connectivity index (χ1n) is 14.1. The van der Waals surface area contributed by atoms with E-state index >= 15 is 0 Å². The number of anilines is 2. The van der Waals surface area contributed by atoms with Crippen LogP contribution in [0, 0.1) is 0 Å². The van der Waals surface area contributed by atoms with Gasteiger partial charge >= 0.3 is 6.03 Å². The van der Waals surface area contributed by atoms with Crippen LogP contribution in [0.3, 0.4) is 0 Å². The molecule has 0 aliphatic carbocycles. The molecule has 0 bridgehead atoms. The van der Waals surface area contributed by atoms with Crippen LogP contribution in [-0.2, 0) is 19.6 Å². The van der Waals surface area contributed by atoms with Crippen LogP contribution in [0.5, 0.6) is 0 Å². The van der Waals surface area contributed by atoms with Gasteiger partial charge in [-0.2, -0.15) is 0 Å². The maximum atomic E-state index is 12.6. The van der Waals surface area contributed by atoms with E-state index < -0.39 is 12.0 Å². The number of nitrogen functional groups attached to an aromatic ring is 1. The first-order chi connectivity index (χ1) is 19.3. The van der Waals surface area contributed by atoms with E-state index in [1.165, 1.54) is 11.9 Å². The highest BCUT2D eigenvalue weighted by Gasteiger charge is 2.56. The summed E-state index contributed by atoms with van der Waals surface area (Å²) in [5.41, 5.74) is 9.17. The van der Waals surface area contributed by atoms with Gasteiger partial charge in [0.2, 0.25) is 0 Å². The summed E-state index contributed by atoms with van der Waals surface area (Å²) in [5.74, 6) is -0.421. The number of benzene rings is 1. The molecule has 12 heteroatoms. The number of fused-ring (bicyclic) bond motifs is 2. The van der Waals surface area contributed by atoms with Crippen molar-refractivity contribution >= 4 is 28.7 Å². The van der Waals surface area contributed by atoms with Crippen molar-refractivity contribution in [3.63, 3.8) is 0 Å². The number of likely N-dealkylation sites (N-methyl/N-ethyl adjacent to an activating group) is 1. The standard InChI is InChI=1S/C29H42N8O4/c1-17(34-27(38)35-19-10-8-18(9-11-19)28(2,3)4)12-13-36(7)14-20-22-23(41-29(5,6)40-22)26(39-20)37-16-33-21-24(30)31-15-32-25(21)37/h8-11,15-17,20,22-23,26H,12-14H2,1-7H3,(H2,30,31,32)(H2,34,35,38)/t17?,20-,22-,23-,26?/m1/s1. The molecule has 222 valence electrons. The van der Waals surface area contributed by atoms with E-state index in [9.17, 15) is 4.79 Å². The van der Waals surface area contributed by atoms with Crippen molar-refractivity contribution in [3.05, 3.63) is 42.5 Å². The molecule has 2 unspecified atom stereocenters. The van der Waals surface area contributed by atoms with Gasteiger partial charge in [0.1, 0.15) is 30.2 Å². The summed E-state index contributed by atoms with van der Waals surface area (Å²) >= 11 is 0. The molecule has 2 aliphatic heterocycles. The van der Waals surface area contributed by atoms with Crippen LogP contribution in [0.4, 0.5) is 16.3 Å². The van der Waals surface area contributed by atoms with Gasteiger partial charge in [-0.15, -0.1) is 0 Å². The summed E-state index contributed by atoms with van der Waals surface area (Å²) in [6.07, 6.45) is 2.54. The summed E-state index contributed by atoms with van der Waals surface area (Å²) in [5, 5.41) is 5.96. The number of nitrogens with one attached hydrogen (secondary N) is 2. The quantitative estimate of drug-likeness (QED) is 0.372. The Labute approximate surface area is 241 Å². The molecule has 3 aromatic rings. The van der Waals surface area contributed by atoms with E-state index in [4.69, 9.17) is 19.9 Å². The van der Waals surface area contributed by atoms with Crippen molar-refractivity contribution < 1.29 is 19.0 Å². The molecule has 2 fully saturated rings. The second kappa shape index (κ2) is 11.2. The summed E-state index contributed by atoms with van der Waals surface area (Å²) in [6.45, 7) is 13.7. The minimum atomic E-state index is -0.739. The van der Waals surface area contributed by atoms with Crippen molar-refractivity contribution in [2.75, 3.05) is 31.2 Å². The van der Waals surface area contributed by atoms with Crippen molar-refractivity contribution in [2.24, 2.45) is 0 Å². The third kappa shape index (κ3) is 6.45. The number of carbonyl (C=O) groups excluding carboxylic acids is 1. The minimum Gasteiger partial charge on any atom is -0.382 e. The lowest BCUT2D eigenvalue weighted by Gasteiger charge is -2.27. The van der Waals surface area contributed by atoms with Gasteiger partial charge in [0, 0.05) is 18.3 Å². The van der Waals surface area contributed by atoms with Crippen LogP contribution in [-0.4, -0.2) is 80.7 Å². The van der Waals surface area contributed by atoms with Gasteiger partial charge < -0.3 is 35.5 Å². The molecule has 1 aromatic carbocycles. The maximum Gasteiger partial charge on any atom is 0.319 e. The van der Waals surface area contributed by atoms with E-state index in [-0.39, 0.29) is 35.8 Å². The molecule has 41 heavy (non-hydrogen) atoms. The highest BCUT2D eigenvalue weighted by atomic mass is 16.8. The number of nitrogens with two attached hydrogens (primary N) is 1. The van der Waals surface area contributed by atoms with E-state index in [1.54, 1.807) is 6.33 Å². The lowest BCUT2D eigenvalue weighted by atomic mass is 9.87. The second-order valence-corrected chi connectivity index (χ2v) is 12.6. The normalized spacial score (nSPS) is 24.5. The lowest BCUT2D eigenvalue weighted by Crippen LogP contribution is -2.41. The molecule has 4 heterocycles. The summed E-state index contributed by atoms with van der Waals surface area (Å²) in [7, 11) is 2.04. The predicted molar refractivity (Wildman–Crippen MR) is 156 cm³/mol. The summed E-state index contributed by atoms with van der Waals surface area (Å²) < 4.78 is 20.9. The van der Waals surface area contributed by atoms with E-state index in [0.717, 1.165) is 18.7 Å². The van der Waals surface area contributed by atoms with E-state index in [1.807, 2.05) is 56.7 Å². The van der Waals surface area contributed by atoms with E-state index in [2.05, 4.69) is 51.3 Å². The summed E-state index contributed by atoms with van der Waals surface area (Å²) in [4.78, 5) is 27.6. The van der Waals surface area contributed by atoms with Gasteiger partial charge in [0.15, 0.2) is 23.5 Å². The number of aromatic nitrogens is 4. The zero-order valence-corrected chi connectivity index (χ0v) is 24.9. The van der Waals surface area contributed by atoms with E-state index in [0.29, 0.717) is 23.5 Å². The van der Waals surface area contributed by atoms with Crippen molar-refractivity contribution in [3.8, 4) is 0 Å². The average Bonchev–Trinajstić information content (AvgIpc) is 3.54. The fourth-order valence-corrected chi connectivity index (χ4v) is 5.42. The molecule has 2 aliphatic rings. The molecule has 0 spiro atoms. The van der Waals surface area contributed by atoms with Gasteiger partial charge in [0.05, 0.1) is 6.33 Å². The van der Waals surface area contributed by atoms with Gasteiger partial charge in [-0.05, 0) is 63.9 Å². The number of nitrogens with zero attached hydrogens (tertiary/aromatic N) is 5. The molecule has 5 atom stereocenters. The number of hydrogen-bond acceptors (Lipinski definition) is 9. The summed E-state index contributed by atoms with van der Waals surface area (Å²) in [6, 6.07) is 7.73. The van der Waals surface area contributed by atoms with Crippen molar-refractivity contribution in [1.29, 1.82) is 0 Å². The Morgan fingerprint density at radius 3 is 2.56 bits per heavy atom. The second-order valence-electron chi connectivity index (χ2n) is 12.6. The van der Waals surface area contributed by atoms with Crippen LogP contribution in [0.25, 0.3) is 11.2 Å². The Hall–Kier alpha value is -3.32. The third-order valence-electron chi connectivity index (χ3n) is 7.61. The Bertz CT molecular complexity index is 1370. The topological polar surface area (TPSA) is 142 Å². The van der Waals surface area contributed by atoms with Crippen LogP contribution in [0.15, 0.2) is 36.9 Å². The number of ether oxygens (including phenoxy) is 3. The molecule has 0 radical (unpaired) electrons. The Balaban J connectivity index is 1.15. The molecule has 5 rings (SSSR count). The molecular weight excluding hydrogens is 524 g/mol. The molecule has 2 amide bonds. The fraction of sp³-hybridized carbons (Fsp3) is 0.586. The smallest absolute Gasteiger partial charge is 0.319 e. The number of carbonyl (C=O) groups is 1. The van der Waals surface area contributed by atoms with Crippen LogP contribution in [0.2, 0.25) is 0 Å². The zero-order chi connectivity index (χ0) is 29.5. The van der Waals surface area contributed by atoms with Crippen LogP contribution in [0.1, 0.15) is 59.8 Å². The monoisotopic (exact) mass is 566 g/mol. The van der Waals surface area contributed by atoms with Gasteiger partial charge in [-0.3, -0.25) is 4.57 Å². The Kier molecular flexibility index (Phi) is 7.94. The van der Waals surface area contributed by atoms with Crippen LogP contribution < -0.4 is 16.4 Å². The van der Waals surface area contributed by atoms with Gasteiger partial charge in [-0.25, -0.2) is 19.7 Å². The highest BCUT2D eigenvalue weighted by molar-refractivity contribution is 5.89. The zero-order valence-electron chi connectivity index (χ0n) is 24.9. The minimum absolute atomic E-state index is 0.0243. The fourth-order valence-electron chi connectivity index (χ4n) is 5.42. The van der Waals surface area contributed by atoms with Gasteiger partial charge in [0.25, 0.3) is 0 Å². The molecule has 0 saturated carbocycles. The lowest BCUT2D eigenvalue weighted by molar-refractivity contribution is -0.197. The number of hydrogen-bond donors (Lipinski definition) is 3. The average molecular weight is 567 g/mol. The number of amides is 2. The molecule has 12 nitrogen and oxygen atoms in total.